The van der Waals surface area contributed by atoms with E-state index < -0.39 is 6.61 Å². The first-order valence-electron chi connectivity index (χ1n) is 9.40. The van der Waals surface area contributed by atoms with Gasteiger partial charge in [-0.05, 0) is 56.2 Å². The number of nitrogens with zero attached hydrogens (tertiary/aromatic N) is 2. The lowest BCUT2D eigenvalue weighted by Crippen LogP contribution is -2.26. The summed E-state index contributed by atoms with van der Waals surface area (Å²) in [5.41, 5.74) is 3.95. The van der Waals surface area contributed by atoms with Crippen LogP contribution in [-0.2, 0) is 6.42 Å². The van der Waals surface area contributed by atoms with Crippen molar-refractivity contribution in [1.29, 1.82) is 0 Å². The number of amides is 1. The van der Waals surface area contributed by atoms with E-state index in [0.717, 1.165) is 22.6 Å². The van der Waals surface area contributed by atoms with Gasteiger partial charge in [0.25, 0.3) is 5.91 Å². The largest absolute Gasteiger partial charge is 0.493 e. The zero-order chi connectivity index (χ0) is 21.7. The van der Waals surface area contributed by atoms with Gasteiger partial charge < -0.3 is 19.4 Å². The highest BCUT2D eigenvalue weighted by molar-refractivity contribution is 5.95. The fraction of sp³-hybridized carbons (Fsp3) is 0.273. The lowest BCUT2D eigenvalue weighted by molar-refractivity contribution is -0.0512. The summed E-state index contributed by atoms with van der Waals surface area (Å²) in [6.45, 7) is 1.21. The van der Waals surface area contributed by atoms with Crippen molar-refractivity contribution in [3.63, 3.8) is 0 Å². The summed E-state index contributed by atoms with van der Waals surface area (Å²) in [4.78, 5) is 16.8. The monoisotopic (exact) mass is 415 g/mol. The van der Waals surface area contributed by atoms with Crippen LogP contribution in [0, 0.1) is 13.8 Å². The van der Waals surface area contributed by atoms with Crippen molar-refractivity contribution in [3.8, 4) is 17.2 Å². The zero-order valence-corrected chi connectivity index (χ0v) is 17.0. The van der Waals surface area contributed by atoms with E-state index in [2.05, 4.69) is 15.0 Å². The average Bonchev–Trinajstić information content (AvgIpc) is 3.02. The smallest absolute Gasteiger partial charge is 0.387 e. The fourth-order valence-corrected chi connectivity index (χ4v) is 3.36. The van der Waals surface area contributed by atoms with Gasteiger partial charge in [0.15, 0.2) is 11.5 Å². The quantitative estimate of drug-likeness (QED) is 0.602. The first kappa shape index (κ1) is 21.3. The van der Waals surface area contributed by atoms with Crippen LogP contribution < -0.4 is 14.8 Å². The van der Waals surface area contributed by atoms with Crippen LogP contribution in [0.4, 0.5) is 8.78 Å². The number of alkyl halides is 2. The summed E-state index contributed by atoms with van der Waals surface area (Å²) in [6.07, 6.45) is 3.89. The molecule has 0 aliphatic rings. The second kappa shape index (κ2) is 9.39. The summed E-state index contributed by atoms with van der Waals surface area (Å²) in [6, 6.07) is 10.4. The van der Waals surface area contributed by atoms with Crippen LogP contribution in [-0.4, -0.2) is 35.7 Å². The summed E-state index contributed by atoms with van der Waals surface area (Å²) in [5, 5.41) is 2.88. The van der Waals surface area contributed by atoms with E-state index in [9.17, 15) is 13.6 Å². The molecule has 0 aliphatic carbocycles. The van der Waals surface area contributed by atoms with Crippen molar-refractivity contribution in [2.45, 2.75) is 26.9 Å². The number of methoxy groups -OCH3 is 1. The Kier molecular flexibility index (Phi) is 6.66. The lowest BCUT2D eigenvalue weighted by atomic mass is 10.1. The van der Waals surface area contributed by atoms with E-state index in [1.165, 1.54) is 13.2 Å². The highest BCUT2D eigenvalue weighted by Crippen LogP contribution is 2.29. The molecule has 2 aromatic heterocycles. The molecule has 0 spiro atoms. The maximum absolute atomic E-state index is 12.7. The van der Waals surface area contributed by atoms with Crippen LogP contribution in [0.25, 0.3) is 5.69 Å². The molecule has 3 rings (SSSR count). The molecule has 0 saturated heterocycles. The topological polar surface area (TPSA) is 65.4 Å². The Hall–Kier alpha value is -3.42. The first-order chi connectivity index (χ1) is 14.4. The van der Waals surface area contributed by atoms with Gasteiger partial charge in [0.1, 0.15) is 0 Å². The Morgan fingerprint density at radius 3 is 2.67 bits per heavy atom. The van der Waals surface area contributed by atoms with Crippen molar-refractivity contribution in [2.75, 3.05) is 13.7 Å². The van der Waals surface area contributed by atoms with Crippen LogP contribution in [0.15, 0.2) is 48.8 Å². The molecule has 0 atom stereocenters. The Balaban J connectivity index is 1.67. The first-order valence-corrected chi connectivity index (χ1v) is 9.40. The molecule has 0 unspecified atom stereocenters. The average molecular weight is 415 g/mol. The third-order valence-electron chi connectivity index (χ3n) is 4.72. The van der Waals surface area contributed by atoms with Crippen molar-refractivity contribution in [3.05, 3.63) is 71.3 Å². The van der Waals surface area contributed by atoms with E-state index >= 15 is 0 Å². The zero-order valence-electron chi connectivity index (χ0n) is 17.0. The van der Waals surface area contributed by atoms with Crippen LogP contribution in [0.2, 0.25) is 0 Å². The van der Waals surface area contributed by atoms with Gasteiger partial charge >= 0.3 is 6.61 Å². The number of carbonyl (C=O) groups is 1. The number of carbonyl (C=O) groups excluding carboxylic acids is 1. The lowest BCUT2D eigenvalue weighted by Gasteiger charge is -2.12. The number of ether oxygens (including phenoxy) is 2. The van der Waals surface area contributed by atoms with Gasteiger partial charge in [-0.1, -0.05) is 6.07 Å². The fourth-order valence-electron chi connectivity index (χ4n) is 3.36. The van der Waals surface area contributed by atoms with Gasteiger partial charge in [-0.25, -0.2) is 0 Å². The van der Waals surface area contributed by atoms with E-state index in [4.69, 9.17) is 4.74 Å². The molecule has 0 fully saturated rings. The minimum atomic E-state index is -2.94. The maximum atomic E-state index is 12.7. The predicted molar refractivity (Wildman–Crippen MR) is 109 cm³/mol. The summed E-state index contributed by atoms with van der Waals surface area (Å²) in [5.74, 6) is -0.00178. The molecule has 1 amide bonds. The molecule has 30 heavy (non-hydrogen) atoms. The second-order valence-electron chi connectivity index (χ2n) is 6.70. The molecular formula is C22H23F2N3O3. The number of rotatable bonds is 8. The molecule has 0 bridgehead atoms. The molecule has 0 radical (unpaired) electrons. The standard InChI is InChI=1S/C22H23F2N3O3/c1-14-11-18(15(2)27(14)17-5-4-9-25-13-17)21(28)26-10-8-16-6-7-19(29-3)20(12-16)30-22(23)24/h4-7,9,11-13,22H,8,10H2,1-3H3,(H,26,28). The van der Waals surface area contributed by atoms with Crippen molar-refractivity contribution in [2.24, 2.45) is 0 Å². The molecule has 2 heterocycles. The van der Waals surface area contributed by atoms with Gasteiger partial charge in [0.2, 0.25) is 0 Å². The number of hydrogen-bond acceptors (Lipinski definition) is 4. The predicted octanol–water partition coefficient (Wildman–Crippen LogP) is 4.07. The summed E-state index contributed by atoms with van der Waals surface area (Å²) in [7, 11) is 1.38. The third kappa shape index (κ3) is 4.76. The molecule has 6 nitrogen and oxygen atoms in total. The number of aromatic nitrogens is 2. The SMILES string of the molecule is COc1ccc(CCNC(=O)c2cc(C)n(-c3cccnc3)c2C)cc1OC(F)F. The number of hydrogen-bond donors (Lipinski definition) is 1. The van der Waals surface area contributed by atoms with E-state index in [1.807, 2.05) is 36.6 Å². The minimum Gasteiger partial charge on any atom is -0.493 e. The number of benzene rings is 1. The van der Waals surface area contributed by atoms with E-state index in [-0.39, 0.29) is 17.4 Å². The van der Waals surface area contributed by atoms with Gasteiger partial charge in [-0.15, -0.1) is 0 Å². The number of halogens is 2. The van der Waals surface area contributed by atoms with Crippen molar-refractivity contribution in [1.82, 2.24) is 14.9 Å². The Morgan fingerprint density at radius 2 is 2.00 bits per heavy atom. The number of aryl methyl sites for hydroxylation is 1. The third-order valence-corrected chi connectivity index (χ3v) is 4.72. The van der Waals surface area contributed by atoms with Gasteiger partial charge in [-0.3, -0.25) is 9.78 Å². The van der Waals surface area contributed by atoms with E-state index in [0.29, 0.717) is 18.5 Å². The van der Waals surface area contributed by atoms with Crippen LogP contribution in [0.1, 0.15) is 27.3 Å². The second-order valence-corrected chi connectivity index (χ2v) is 6.70. The highest BCUT2D eigenvalue weighted by Gasteiger charge is 2.17. The maximum Gasteiger partial charge on any atom is 0.387 e. The Bertz CT molecular complexity index is 1020. The summed E-state index contributed by atoms with van der Waals surface area (Å²) < 4.78 is 36.6. The molecule has 8 heteroatoms. The molecule has 3 aromatic rings. The van der Waals surface area contributed by atoms with E-state index in [1.54, 1.807) is 24.5 Å². The molecule has 0 saturated carbocycles. The Labute approximate surface area is 173 Å². The number of nitrogens with one attached hydrogen (secondary N) is 1. The van der Waals surface area contributed by atoms with Gasteiger partial charge in [-0.2, -0.15) is 8.78 Å². The van der Waals surface area contributed by atoms with Crippen molar-refractivity contribution < 1.29 is 23.0 Å². The number of pyridine rings is 1. The molecule has 158 valence electrons. The molecule has 0 aliphatic heterocycles. The van der Waals surface area contributed by atoms with Crippen LogP contribution in [0.5, 0.6) is 11.5 Å². The normalized spacial score (nSPS) is 10.9. The minimum absolute atomic E-state index is 0.0312. The van der Waals surface area contributed by atoms with Crippen LogP contribution >= 0.6 is 0 Å². The van der Waals surface area contributed by atoms with Gasteiger partial charge in [0, 0.05) is 24.1 Å². The highest BCUT2D eigenvalue weighted by atomic mass is 19.3. The van der Waals surface area contributed by atoms with Gasteiger partial charge in [0.05, 0.1) is 24.6 Å². The molecule has 1 aromatic carbocycles. The van der Waals surface area contributed by atoms with Crippen molar-refractivity contribution >= 4 is 5.91 Å². The molecular weight excluding hydrogens is 392 g/mol. The Morgan fingerprint density at radius 1 is 1.20 bits per heavy atom. The molecule has 1 N–H and O–H groups in total. The van der Waals surface area contributed by atoms with Crippen LogP contribution in [0.3, 0.4) is 0 Å². The summed E-state index contributed by atoms with van der Waals surface area (Å²) >= 11 is 0.